The molecule has 0 spiro atoms. The normalized spacial score (nSPS) is 10.3. The van der Waals surface area contributed by atoms with Gasteiger partial charge < -0.3 is 14.2 Å². The molecule has 32 heavy (non-hydrogen) atoms. The standard InChI is InChI=1S/C21H19N3O7S/c1-4-31-20(26)14-7-13(8-15(9-14)24(27)28)19(25)23-21-22-16(11-32-21)12-5-6-17(29-2)18(10-12)30-3/h5-11H,4H2,1-3H3,(H,22,23,25). The Morgan fingerprint density at radius 2 is 1.81 bits per heavy atom. The highest BCUT2D eigenvalue weighted by molar-refractivity contribution is 7.14. The van der Waals surface area contributed by atoms with E-state index in [1.54, 1.807) is 30.5 Å². The van der Waals surface area contributed by atoms with Crippen molar-refractivity contribution in [3.05, 3.63) is 63.0 Å². The first-order chi connectivity index (χ1) is 15.4. The van der Waals surface area contributed by atoms with Gasteiger partial charge in [-0.3, -0.25) is 20.2 Å². The zero-order chi connectivity index (χ0) is 23.3. The number of thiazole rings is 1. The molecule has 1 amide bonds. The van der Waals surface area contributed by atoms with Crippen molar-refractivity contribution in [1.29, 1.82) is 0 Å². The van der Waals surface area contributed by atoms with E-state index in [4.69, 9.17) is 14.2 Å². The fourth-order valence-corrected chi connectivity index (χ4v) is 3.52. The van der Waals surface area contributed by atoms with Gasteiger partial charge in [0.15, 0.2) is 16.6 Å². The molecule has 0 radical (unpaired) electrons. The van der Waals surface area contributed by atoms with Gasteiger partial charge in [0.25, 0.3) is 11.6 Å². The molecule has 1 heterocycles. The van der Waals surface area contributed by atoms with Crippen molar-refractivity contribution in [2.45, 2.75) is 6.92 Å². The molecular weight excluding hydrogens is 438 g/mol. The van der Waals surface area contributed by atoms with Crippen molar-refractivity contribution in [1.82, 2.24) is 4.98 Å². The summed E-state index contributed by atoms with van der Waals surface area (Å²) in [5, 5.41) is 15.8. The van der Waals surface area contributed by atoms with Gasteiger partial charge in [-0.15, -0.1) is 11.3 Å². The molecule has 0 unspecified atom stereocenters. The van der Waals surface area contributed by atoms with E-state index in [-0.39, 0.29) is 22.9 Å². The summed E-state index contributed by atoms with van der Waals surface area (Å²) >= 11 is 1.18. The number of hydrogen-bond donors (Lipinski definition) is 1. The summed E-state index contributed by atoms with van der Waals surface area (Å²) in [6, 6.07) is 8.68. The summed E-state index contributed by atoms with van der Waals surface area (Å²) in [7, 11) is 3.06. The van der Waals surface area contributed by atoms with Crippen molar-refractivity contribution in [3.63, 3.8) is 0 Å². The van der Waals surface area contributed by atoms with E-state index in [1.807, 2.05) is 0 Å². The number of nitro groups is 1. The number of methoxy groups -OCH3 is 2. The van der Waals surface area contributed by atoms with Gasteiger partial charge in [-0.1, -0.05) is 0 Å². The van der Waals surface area contributed by atoms with Crippen LogP contribution in [0.4, 0.5) is 10.8 Å². The number of rotatable bonds is 8. The molecule has 10 nitrogen and oxygen atoms in total. The molecule has 0 atom stereocenters. The number of anilines is 1. The summed E-state index contributed by atoms with van der Waals surface area (Å²) in [5.74, 6) is -0.294. The predicted molar refractivity (Wildman–Crippen MR) is 118 cm³/mol. The minimum absolute atomic E-state index is 0.0647. The van der Waals surface area contributed by atoms with E-state index in [9.17, 15) is 19.7 Å². The van der Waals surface area contributed by atoms with Crippen molar-refractivity contribution in [2.75, 3.05) is 26.1 Å². The first-order valence-electron chi connectivity index (χ1n) is 9.32. The van der Waals surface area contributed by atoms with E-state index >= 15 is 0 Å². The van der Waals surface area contributed by atoms with Crippen LogP contribution in [0.3, 0.4) is 0 Å². The number of nitrogens with zero attached hydrogens (tertiary/aromatic N) is 2. The predicted octanol–water partition coefficient (Wildman–Crippen LogP) is 4.16. The Hall–Kier alpha value is -3.99. The smallest absolute Gasteiger partial charge is 0.338 e. The number of ether oxygens (including phenoxy) is 3. The zero-order valence-corrected chi connectivity index (χ0v) is 18.2. The van der Waals surface area contributed by atoms with Crippen LogP contribution in [0, 0.1) is 10.1 Å². The van der Waals surface area contributed by atoms with E-state index < -0.39 is 22.5 Å². The van der Waals surface area contributed by atoms with E-state index in [2.05, 4.69) is 10.3 Å². The molecule has 3 rings (SSSR count). The maximum absolute atomic E-state index is 12.7. The fourth-order valence-electron chi connectivity index (χ4n) is 2.81. The number of non-ortho nitro benzene ring substituents is 1. The first kappa shape index (κ1) is 22.7. The highest BCUT2D eigenvalue weighted by Gasteiger charge is 2.20. The summed E-state index contributed by atoms with van der Waals surface area (Å²) in [6.45, 7) is 1.71. The second-order valence-corrected chi connectivity index (χ2v) is 7.17. The molecule has 0 aliphatic rings. The van der Waals surface area contributed by atoms with Gasteiger partial charge >= 0.3 is 5.97 Å². The minimum atomic E-state index is -0.754. The molecule has 1 aromatic heterocycles. The summed E-state index contributed by atoms with van der Waals surface area (Å²) in [6.07, 6.45) is 0. The Kier molecular flexibility index (Phi) is 7.00. The second kappa shape index (κ2) is 9.88. The van der Waals surface area contributed by atoms with Gasteiger partial charge in [-0.05, 0) is 31.2 Å². The lowest BCUT2D eigenvalue weighted by molar-refractivity contribution is -0.384. The van der Waals surface area contributed by atoms with E-state index in [0.29, 0.717) is 17.2 Å². The number of carbonyl (C=O) groups excluding carboxylic acids is 2. The van der Waals surface area contributed by atoms with Crippen LogP contribution in [0.2, 0.25) is 0 Å². The summed E-state index contributed by atoms with van der Waals surface area (Å²) in [4.78, 5) is 39.6. The van der Waals surface area contributed by atoms with Crippen LogP contribution in [0.25, 0.3) is 11.3 Å². The van der Waals surface area contributed by atoms with Crippen molar-refractivity contribution < 1.29 is 28.7 Å². The Bertz CT molecular complexity index is 1180. The van der Waals surface area contributed by atoms with Crippen LogP contribution in [0.15, 0.2) is 41.8 Å². The van der Waals surface area contributed by atoms with Crippen LogP contribution in [-0.4, -0.2) is 42.6 Å². The minimum Gasteiger partial charge on any atom is -0.493 e. The summed E-state index contributed by atoms with van der Waals surface area (Å²) < 4.78 is 15.4. The number of amides is 1. The molecule has 0 saturated heterocycles. The number of esters is 1. The Balaban J connectivity index is 1.85. The zero-order valence-electron chi connectivity index (χ0n) is 17.4. The highest BCUT2D eigenvalue weighted by atomic mass is 32.1. The van der Waals surface area contributed by atoms with Gasteiger partial charge in [-0.25, -0.2) is 9.78 Å². The Morgan fingerprint density at radius 1 is 1.09 bits per heavy atom. The third-order valence-corrected chi connectivity index (χ3v) is 5.06. The third-order valence-electron chi connectivity index (χ3n) is 4.31. The van der Waals surface area contributed by atoms with Crippen molar-refractivity contribution >= 4 is 34.0 Å². The quantitative estimate of drug-likeness (QED) is 0.303. The molecule has 0 fully saturated rings. The maximum Gasteiger partial charge on any atom is 0.338 e. The lowest BCUT2D eigenvalue weighted by Gasteiger charge is -2.08. The first-order valence-corrected chi connectivity index (χ1v) is 10.2. The largest absolute Gasteiger partial charge is 0.493 e. The lowest BCUT2D eigenvalue weighted by atomic mass is 10.1. The Morgan fingerprint density at radius 3 is 2.47 bits per heavy atom. The number of nitro benzene ring substituents is 1. The molecule has 0 aliphatic carbocycles. The lowest BCUT2D eigenvalue weighted by Crippen LogP contribution is -2.14. The maximum atomic E-state index is 12.7. The third kappa shape index (κ3) is 5.01. The number of hydrogen-bond acceptors (Lipinski definition) is 9. The van der Waals surface area contributed by atoms with Gasteiger partial charge in [0.2, 0.25) is 0 Å². The van der Waals surface area contributed by atoms with Gasteiger partial charge in [0, 0.05) is 28.6 Å². The van der Waals surface area contributed by atoms with E-state index in [0.717, 1.165) is 17.7 Å². The highest BCUT2D eigenvalue weighted by Crippen LogP contribution is 2.33. The number of carbonyl (C=O) groups is 2. The number of nitrogens with one attached hydrogen (secondary N) is 1. The van der Waals surface area contributed by atoms with Gasteiger partial charge in [0.1, 0.15) is 0 Å². The Labute approximate surface area is 186 Å². The topological polar surface area (TPSA) is 130 Å². The van der Waals surface area contributed by atoms with Gasteiger partial charge in [0.05, 0.1) is 37.0 Å². The van der Waals surface area contributed by atoms with Crippen molar-refractivity contribution in [3.8, 4) is 22.8 Å². The molecule has 2 aromatic carbocycles. The molecule has 3 aromatic rings. The average Bonchev–Trinajstić information content (AvgIpc) is 3.26. The monoisotopic (exact) mass is 457 g/mol. The number of aromatic nitrogens is 1. The molecule has 1 N–H and O–H groups in total. The fraction of sp³-hybridized carbons (Fsp3) is 0.190. The molecule has 166 valence electrons. The average molecular weight is 457 g/mol. The van der Waals surface area contributed by atoms with Crippen LogP contribution < -0.4 is 14.8 Å². The van der Waals surface area contributed by atoms with Crippen LogP contribution >= 0.6 is 11.3 Å². The second-order valence-electron chi connectivity index (χ2n) is 6.31. The van der Waals surface area contributed by atoms with Crippen LogP contribution in [-0.2, 0) is 4.74 Å². The number of benzene rings is 2. The molecule has 11 heteroatoms. The molecule has 0 bridgehead atoms. The van der Waals surface area contributed by atoms with Gasteiger partial charge in [-0.2, -0.15) is 0 Å². The summed E-state index contributed by atoms with van der Waals surface area (Å²) in [5.41, 5.74) is 0.796. The van der Waals surface area contributed by atoms with Crippen LogP contribution in [0.5, 0.6) is 11.5 Å². The van der Waals surface area contributed by atoms with Crippen LogP contribution in [0.1, 0.15) is 27.6 Å². The molecule has 0 aliphatic heterocycles. The van der Waals surface area contributed by atoms with E-state index in [1.165, 1.54) is 31.6 Å². The molecular formula is C21H19N3O7S. The van der Waals surface area contributed by atoms with Crippen molar-refractivity contribution in [2.24, 2.45) is 0 Å². The SMILES string of the molecule is CCOC(=O)c1cc(C(=O)Nc2nc(-c3ccc(OC)c(OC)c3)cs2)cc([N+](=O)[O-])c1. The molecule has 0 saturated carbocycles.